The Kier molecular flexibility index (Phi) is 4.66. The molecule has 2 atom stereocenters. The third kappa shape index (κ3) is 3.61. The number of rotatable bonds is 5. The molecule has 1 aromatic rings. The van der Waals surface area contributed by atoms with Gasteiger partial charge >= 0.3 is 0 Å². The first-order valence-electron chi connectivity index (χ1n) is 6.51. The summed E-state index contributed by atoms with van der Waals surface area (Å²) in [7, 11) is 0. The van der Waals surface area contributed by atoms with Gasteiger partial charge in [0.15, 0.2) is 6.10 Å². The molecule has 1 heterocycles. The number of halogens is 1. The molecule has 1 aliphatic rings. The summed E-state index contributed by atoms with van der Waals surface area (Å²) in [6.07, 6.45) is 1.07. The third-order valence-electron chi connectivity index (χ3n) is 3.12. The predicted molar refractivity (Wildman–Crippen MR) is 73.5 cm³/mol. The number of amides is 1. The van der Waals surface area contributed by atoms with Gasteiger partial charge in [-0.2, -0.15) is 0 Å². The minimum atomic E-state index is -0.526. The average Bonchev–Trinajstić information content (AvgIpc) is 2.79. The quantitative estimate of drug-likeness (QED) is 0.868. The van der Waals surface area contributed by atoms with Crippen LogP contribution in [0.1, 0.15) is 25.3 Å². The van der Waals surface area contributed by atoms with Gasteiger partial charge in [-0.15, -0.1) is 0 Å². The maximum Gasteiger partial charge on any atom is 0.261 e. The Balaban J connectivity index is 1.86. The fourth-order valence-corrected chi connectivity index (χ4v) is 2.33. The van der Waals surface area contributed by atoms with Crippen LogP contribution in [0.2, 0.25) is 5.02 Å². The lowest BCUT2D eigenvalue weighted by molar-refractivity contribution is -0.127. The maximum absolute atomic E-state index is 11.9. The monoisotopic (exact) mass is 283 g/mol. The Hall–Kier alpha value is -1.26. The normalized spacial score (nSPS) is 18.6. The number of benzene rings is 1. The Morgan fingerprint density at radius 3 is 3.16 bits per heavy atom. The smallest absolute Gasteiger partial charge is 0.261 e. The second kappa shape index (κ2) is 6.26. The zero-order valence-corrected chi connectivity index (χ0v) is 11.6. The molecule has 0 aromatic heterocycles. The van der Waals surface area contributed by atoms with Crippen molar-refractivity contribution in [3.63, 3.8) is 0 Å². The maximum atomic E-state index is 11.9. The zero-order chi connectivity index (χ0) is 13.8. The molecule has 104 valence electrons. The van der Waals surface area contributed by atoms with E-state index in [4.69, 9.17) is 16.3 Å². The molecule has 2 unspecified atom stereocenters. The standard InChI is InChI=1S/C14H18ClNO3/c1-2-3-11(17)8-16-14(18)13-7-9-6-10(15)4-5-12(9)19-13/h4-6,11,13,17H,2-3,7-8H2,1H3,(H,16,18). The number of hydrogen-bond donors (Lipinski definition) is 2. The molecular weight excluding hydrogens is 266 g/mol. The number of ether oxygens (including phenoxy) is 1. The van der Waals surface area contributed by atoms with E-state index < -0.39 is 12.2 Å². The van der Waals surface area contributed by atoms with E-state index in [1.54, 1.807) is 12.1 Å². The van der Waals surface area contributed by atoms with Crippen LogP contribution in [0, 0.1) is 0 Å². The van der Waals surface area contributed by atoms with Gasteiger partial charge in [-0.25, -0.2) is 0 Å². The van der Waals surface area contributed by atoms with Gasteiger partial charge in [-0.05, 0) is 30.2 Å². The van der Waals surface area contributed by atoms with Crippen molar-refractivity contribution >= 4 is 17.5 Å². The van der Waals surface area contributed by atoms with Crippen molar-refractivity contribution in [1.82, 2.24) is 5.32 Å². The molecule has 1 amide bonds. The summed E-state index contributed by atoms with van der Waals surface area (Å²) in [6.45, 7) is 2.26. The van der Waals surface area contributed by atoms with E-state index in [0.29, 0.717) is 23.6 Å². The van der Waals surface area contributed by atoms with Gasteiger partial charge in [-0.3, -0.25) is 4.79 Å². The van der Waals surface area contributed by atoms with Crippen LogP contribution >= 0.6 is 11.6 Å². The summed E-state index contributed by atoms with van der Waals surface area (Å²) < 4.78 is 5.56. The molecule has 0 saturated carbocycles. The first-order valence-corrected chi connectivity index (χ1v) is 6.88. The van der Waals surface area contributed by atoms with Gasteiger partial charge in [0.25, 0.3) is 5.91 Å². The van der Waals surface area contributed by atoms with E-state index in [1.807, 2.05) is 13.0 Å². The molecule has 0 aliphatic carbocycles. The molecule has 1 aromatic carbocycles. The van der Waals surface area contributed by atoms with Crippen molar-refractivity contribution in [3.05, 3.63) is 28.8 Å². The molecule has 4 nitrogen and oxygen atoms in total. The second-order valence-corrected chi connectivity index (χ2v) is 5.19. The number of carbonyl (C=O) groups is 1. The fraction of sp³-hybridized carbons (Fsp3) is 0.500. The van der Waals surface area contributed by atoms with Gasteiger partial charge in [-0.1, -0.05) is 24.9 Å². The summed E-state index contributed by atoms with van der Waals surface area (Å²) in [5.74, 6) is 0.515. The molecule has 0 spiro atoms. The first-order chi connectivity index (χ1) is 9.10. The topological polar surface area (TPSA) is 58.6 Å². The van der Waals surface area contributed by atoms with Crippen LogP contribution in [0.25, 0.3) is 0 Å². The molecule has 0 radical (unpaired) electrons. The Morgan fingerprint density at radius 2 is 2.42 bits per heavy atom. The highest BCUT2D eigenvalue weighted by molar-refractivity contribution is 6.30. The van der Waals surface area contributed by atoms with Crippen LogP contribution < -0.4 is 10.1 Å². The van der Waals surface area contributed by atoms with Gasteiger partial charge < -0.3 is 15.2 Å². The van der Waals surface area contributed by atoms with Crippen LogP contribution in [0.15, 0.2) is 18.2 Å². The summed E-state index contributed by atoms with van der Waals surface area (Å²) >= 11 is 5.90. The molecule has 0 fully saturated rings. The predicted octanol–water partition coefficient (Wildman–Crippen LogP) is 1.92. The average molecular weight is 284 g/mol. The lowest BCUT2D eigenvalue weighted by Gasteiger charge is -2.14. The number of aliphatic hydroxyl groups excluding tert-OH is 1. The van der Waals surface area contributed by atoms with Crippen molar-refractivity contribution in [2.75, 3.05) is 6.54 Å². The lowest BCUT2D eigenvalue weighted by atomic mass is 10.1. The van der Waals surface area contributed by atoms with E-state index in [1.165, 1.54) is 0 Å². The van der Waals surface area contributed by atoms with Crippen LogP contribution in [0.4, 0.5) is 0 Å². The van der Waals surface area contributed by atoms with Crippen molar-refractivity contribution in [3.8, 4) is 5.75 Å². The Labute approximate surface area is 117 Å². The summed E-state index contributed by atoms with van der Waals surface area (Å²) in [4.78, 5) is 11.9. The Morgan fingerprint density at radius 1 is 1.63 bits per heavy atom. The van der Waals surface area contributed by atoms with Crippen LogP contribution in [-0.4, -0.2) is 29.8 Å². The van der Waals surface area contributed by atoms with Crippen molar-refractivity contribution in [2.24, 2.45) is 0 Å². The van der Waals surface area contributed by atoms with Crippen molar-refractivity contribution < 1.29 is 14.6 Å². The second-order valence-electron chi connectivity index (χ2n) is 4.75. The summed E-state index contributed by atoms with van der Waals surface area (Å²) in [5, 5.41) is 12.9. The minimum absolute atomic E-state index is 0.192. The Bertz CT molecular complexity index is 464. The first kappa shape index (κ1) is 14.2. The SMILES string of the molecule is CCCC(O)CNC(=O)C1Cc2cc(Cl)ccc2O1. The van der Waals surface area contributed by atoms with E-state index in [2.05, 4.69) is 5.32 Å². The number of hydrogen-bond acceptors (Lipinski definition) is 3. The molecule has 5 heteroatoms. The number of aliphatic hydroxyl groups is 1. The zero-order valence-electron chi connectivity index (χ0n) is 10.9. The van der Waals surface area contributed by atoms with E-state index in [9.17, 15) is 9.90 Å². The van der Waals surface area contributed by atoms with Crippen LogP contribution in [0.5, 0.6) is 5.75 Å². The van der Waals surface area contributed by atoms with E-state index in [0.717, 1.165) is 12.0 Å². The highest BCUT2D eigenvalue weighted by Crippen LogP contribution is 2.31. The van der Waals surface area contributed by atoms with E-state index >= 15 is 0 Å². The summed E-state index contributed by atoms with van der Waals surface area (Å²) in [5.41, 5.74) is 0.946. The molecular formula is C14H18ClNO3. The number of nitrogens with one attached hydrogen (secondary N) is 1. The third-order valence-corrected chi connectivity index (χ3v) is 3.36. The van der Waals surface area contributed by atoms with Crippen LogP contribution in [0.3, 0.4) is 0 Å². The van der Waals surface area contributed by atoms with Gasteiger partial charge in [0.2, 0.25) is 0 Å². The van der Waals surface area contributed by atoms with Gasteiger partial charge in [0.05, 0.1) is 6.10 Å². The number of carbonyl (C=O) groups excluding carboxylic acids is 1. The highest BCUT2D eigenvalue weighted by Gasteiger charge is 2.29. The van der Waals surface area contributed by atoms with Crippen molar-refractivity contribution in [2.45, 2.75) is 38.4 Å². The molecule has 19 heavy (non-hydrogen) atoms. The minimum Gasteiger partial charge on any atom is -0.480 e. The van der Waals surface area contributed by atoms with Gasteiger partial charge in [0, 0.05) is 18.0 Å². The van der Waals surface area contributed by atoms with Crippen LogP contribution in [-0.2, 0) is 11.2 Å². The van der Waals surface area contributed by atoms with Gasteiger partial charge in [0.1, 0.15) is 5.75 Å². The fourth-order valence-electron chi connectivity index (χ4n) is 2.13. The molecule has 0 bridgehead atoms. The largest absolute Gasteiger partial charge is 0.480 e. The highest BCUT2D eigenvalue weighted by atomic mass is 35.5. The van der Waals surface area contributed by atoms with E-state index in [-0.39, 0.29) is 12.5 Å². The number of fused-ring (bicyclic) bond motifs is 1. The molecule has 0 saturated heterocycles. The molecule has 2 rings (SSSR count). The van der Waals surface area contributed by atoms with Crippen molar-refractivity contribution in [1.29, 1.82) is 0 Å². The summed E-state index contributed by atoms with van der Waals surface area (Å²) in [6, 6.07) is 5.33. The lowest BCUT2D eigenvalue weighted by Crippen LogP contribution is -2.41. The molecule has 1 aliphatic heterocycles. The molecule has 2 N–H and O–H groups in total.